The van der Waals surface area contributed by atoms with Crippen molar-refractivity contribution in [2.75, 3.05) is 13.1 Å². The number of carbonyl (C=O) groups is 2. The molecule has 2 saturated heterocycles. The summed E-state index contributed by atoms with van der Waals surface area (Å²) in [6.45, 7) is 1.49. The largest absolute Gasteiger partial charge is 0.343 e. The molecule has 2 heterocycles. The van der Waals surface area contributed by atoms with Gasteiger partial charge in [-0.05, 0) is 43.6 Å². The average molecular weight is 358 g/mol. The van der Waals surface area contributed by atoms with Gasteiger partial charge in [-0.15, -0.1) is 0 Å². The fourth-order valence-electron chi connectivity index (χ4n) is 3.01. The van der Waals surface area contributed by atoms with Gasteiger partial charge >= 0.3 is 0 Å². The number of carbonyl (C=O) groups excluding carboxylic acids is 2. The van der Waals surface area contributed by atoms with Crippen molar-refractivity contribution in [2.45, 2.75) is 24.3 Å². The van der Waals surface area contributed by atoms with Crippen LogP contribution in [-0.2, 0) is 9.59 Å². The molecule has 0 aliphatic carbocycles. The Hall–Kier alpha value is -0.910. The predicted octanol–water partition coefficient (Wildman–Crippen LogP) is 2.01. The summed E-state index contributed by atoms with van der Waals surface area (Å²) in [5.41, 5.74) is -0.114. The predicted molar refractivity (Wildman–Crippen MR) is 79.9 cm³/mol. The zero-order chi connectivity index (χ0) is 14.3. The van der Waals surface area contributed by atoms with Gasteiger partial charge in [-0.2, -0.15) is 0 Å². The molecule has 1 amide bonds. The van der Waals surface area contributed by atoms with Crippen molar-refractivity contribution in [2.24, 2.45) is 0 Å². The third-order valence-corrected chi connectivity index (χ3v) is 4.91. The van der Waals surface area contributed by atoms with E-state index < -0.39 is 11.5 Å². The van der Waals surface area contributed by atoms with Gasteiger partial charge in [0.25, 0.3) is 0 Å². The zero-order valence-corrected chi connectivity index (χ0v) is 13.1. The first-order chi connectivity index (χ1) is 9.53. The molecule has 4 nitrogen and oxygen atoms in total. The van der Waals surface area contributed by atoms with Gasteiger partial charge < -0.3 is 10.6 Å². The first kappa shape index (κ1) is 14.0. The van der Waals surface area contributed by atoms with Crippen LogP contribution >= 0.6 is 27.5 Å². The molecule has 6 heteroatoms. The van der Waals surface area contributed by atoms with Gasteiger partial charge in [0.05, 0.1) is 0 Å². The maximum atomic E-state index is 12.7. The van der Waals surface area contributed by atoms with Crippen LogP contribution in [0.15, 0.2) is 22.7 Å². The molecule has 2 N–H and O–H groups in total. The number of Topliss-reactive ketones (excluding diaryl/α,β-unsaturated/α-hetero) is 1. The van der Waals surface area contributed by atoms with E-state index in [9.17, 15) is 9.59 Å². The van der Waals surface area contributed by atoms with Gasteiger partial charge in [0, 0.05) is 9.50 Å². The lowest BCUT2D eigenvalue weighted by molar-refractivity contribution is -0.125. The minimum atomic E-state index is -0.784. The minimum absolute atomic E-state index is 0.0479. The highest BCUT2D eigenvalue weighted by atomic mass is 79.9. The van der Waals surface area contributed by atoms with Crippen LogP contribution in [0.5, 0.6) is 0 Å². The van der Waals surface area contributed by atoms with Crippen LogP contribution in [0.3, 0.4) is 0 Å². The summed E-state index contributed by atoms with van der Waals surface area (Å²) in [5.74, 6) is -1.07. The van der Waals surface area contributed by atoms with Gasteiger partial charge in [-0.1, -0.05) is 33.6 Å². The molecule has 0 aromatic heterocycles. The van der Waals surface area contributed by atoms with Crippen molar-refractivity contribution in [3.05, 3.63) is 33.3 Å². The maximum absolute atomic E-state index is 12.7. The number of hydrogen-bond acceptors (Lipinski definition) is 3. The molecule has 20 heavy (non-hydrogen) atoms. The molecule has 2 fully saturated rings. The topological polar surface area (TPSA) is 58.2 Å². The van der Waals surface area contributed by atoms with E-state index in [-0.39, 0.29) is 11.7 Å². The number of amides is 1. The Bertz CT molecular complexity index is 585. The summed E-state index contributed by atoms with van der Waals surface area (Å²) in [5, 5.41) is 6.56. The van der Waals surface area contributed by atoms with Crippen molar-refractivity contribution in [1.29, 1.82) is 0 Å². The molecule has 1 aromatic carbocycles. The number of benzene rings is 1. The lowest BCUT2D eigenvalue weighted by Gasteiger charge is -2.32. The van der Waals surface area contributed by atoms with Crippen LogP contribution in [-0.4, -0.2) is 30.3 Å². The van der Waals surface area contributed by atoms with E-state index in [1.807, 2.05) is 0 Å². The number of ketones is 1. The number of hydrogen-bond donors (Lipinski definition) is 2. The molecule has 0 saturated carbocycles. The average Bonchev–Trinajstić information content (AvgIpc) is 2.63. The summed E-state index contributed by atoms with van der Waals surface area (Å²) in [4.78, 5) is 25.0. The zero-order valence-electron chi connectivity index (χ0n) is 10.7. The molecule has 3 rings (SSSR count). The fraction of sp³-hybridized carbons (Fsp3) is 0.429. The van der Waals surface area contributed by atoms with Crippen LogP contribution in [0.2, 0.25) is 5.02 Å². The van der Waals surface area contributed by atoms with Crippen molar-refractivity contribution in [3.63, 3.8) is 0 Å². The molecule has 1 atom stereocenters. The van der Waals surface area contributed by atoms with E-state index in [4.69, 9.17) is 11.6 Å². The van der Waals surface area contributed by atoms with Gasteiger partial charge in [0.15, 0.2) is 5.78 Å². The molecule has 2 aliphatic heterocycles. The van der Waals surface area contributed by atoms with Crippen LogP contribution in [0.4, 0.5) is 0 Å². The Morgan fingerprint density at radius 2 is 1.95 bits per heavy atom. The monoisotopic (exact) mass is 356 g/mol. The Morgan fingerprint density at radius 3 is 2.60 bits per heavy atom. The quantitative estimate of drug-likeness (QED) is 0.756. The second-order valence-corrected chi connectivity index (χ2v) is 6.61. The van der Waals surface area contributed by atoms with Crippen LogP contribution < -0.4 is 10.6 Å². The highest BCUT2D eigenvalue weighted by Crippen LogP contribution is 2.38. The fourth-order valence-corrected chi connectivity index (χ4v) is 3.79. The van der Waals surface area contributed by atoms with E-state index in [0.29, 0.717) is 23.4 Å². The first-order valence-corrected chi connectivity index (χ1v) is 7.73. The molecule has 1 unspecified atom stereocenters. The summed E-state index contributed by atoms with van der Waals surface area (Å²) in [7, 11) is 0. The highest BCUT2D eigenvalue weighted by molar-refractivity contribution is 9.10. The molecular weight excluding hydrogens is 344 g/mol. The summed E-state index contributed by atoms with van der Waals surface area (Å²) in [6, 6.07) is 5.26. The third-order valence-electron chi connectivity index (χ3n) is 4.09. The van der Waals surface area contributed by atoms with E-state index >= 15 is 0 Å². The van der Waals surface area contributed by atoms with Gasteiger partial charge in [-0.3, -0.25) is 9.59 Å². The normalized spacial score (nSPS) is 25.0. The number of piperidine rings is 1. The molecule has 0 bridgehead atoms. The second kappa shape index (κ2) is 5.13. The highest BCUT2D eigenvalue weighted by Gasteiger charge is 2.53. The maximum Gasteiger partial charge on any atom is 0.236 e. The SMILES string of the molecule is O=C1NC2(CCNCC2)C(=O)C1c1ccc(Br)cc1Cl. The summed E-state index contributed by atoms with van der Waals surface area (Å²) in [6.07, 6.45) is 1.28. The van der Waals surface area contributed by atoms with E-state index in [0.717, 1.165) is 17.6 Å². The lowest BCUT2D eigenvalue weighted by Crippen LogP contribution is -2.53. The van der Waals surface area contributed by atoms with Gasteiger partial charge in [-0.25, -0.2) is 0 Å². The number of nitrogens with one attached hydrogen (secondary N) is 2. The summed E-state index contributed by atoms with van der Waals surface area (Å²) < 4.78 is 0.827. The number of rotatable bonds is 1. The minimum Gasteiger partial charge on any atom is -0.343 e. The van der Waals surface area contributed by atoms with Crippen LogP contribution in [0, 0.1) is 0 Å². The third kappa shape index (κ3) is 2.18. The molecule has 1 aromatic rings. The van der Waals surface area contributed by atoms with E-state index in [1.54, 1.807) is 18.2 Å². The number of halogens is 2. The van der Waals surface area contributed by atoms with Crippen molar-refractivity contribution >= 4 is 39.2 Å². The second-order valence-electron chi connectivity index (χ2n) is 5.28. The summed E-state index contributed by atoms with van der Waals surface area (Å²) >= 11 is 9.52. The standard InChI is InChI=1S/C14H14BrClN2O2/c15-8-1-2-9(10(16)7-8)11-12(19)14(18-13(11)20)3-5-17-6-4-14/h1-2,7,11,17H,3-6H2,(H,18,20). The molecule has 2 aliphatic rings. The Balaban J connectivity index is 1.98. The van der Waals surface area contributed by atoms with Crippen molar-refractivity contribution < 1.29 is 9.59 Å². The van der Waals surface area contributed by atoms with Crippen molar-refractivity contribution in [3.8, 4) is 0 Å². The Labute approximate surface area is 130 Å². The van der Waals surface area contributed by atoms with Crippen LogP contribution in [0.25, 0.3) is 0 Å². The Kier molecular flexibility index (Phi) is 3.60. The van der Waals surface area contributed by atoms with Crippen LogP contribution in [0.1, 0.15) is 24.3 Å². The van der Waals surface area contributed by atoms with Gasteiger partial charge in [0.2, 0.25) is 5.91 Å². The van der Waals surface area contributed by atoms with E-state index in [2.05, 4.69) is 26.6 Å². The molecule has 1 spiro atoms. The molecule has 106 valence electrons. The van der Waals surface area contributed by atoms with Crippen molar-refractivity contribution in [1.82, 2.24) is 10.6 Å². The molecular formula is C14H14BrClN2O2. The molecule has 0 radical (unpaired) electrons. The first-order valence-electron chi connectivity index (χ1n) is 6.55. The lowest BCUT2D eigenvalue weighted by atomic mass is 9.81. The smallest absolute Gasteiger partial charge is 0.236 e. The van der Waals surface area contributed by atoms with E-state index in [1.165, 1.54) is 0 Å². The van der Waals surface area contributed by atoms with Gasteiger partial charge in [0.1, 0.15) is 11.5 Å². The Morgan fingerprint density at radius 1 is 1.25 bits per heavy atom.